The Morgan fingerprint density at radius 1 is 1.59 bits per heavy atom. The van der Waals surface area contributed by atoms with Gasteiger partial charge in [-0.2, -0.15) is 5.10 Å². The van der Waals surface area contributed by atoms with Crippen LogP contribution in [0.15, 0.2) is 10.7 Å². The van der Waals surface area contributed by atoms with Crippen LogP contribution in [-0.2, 0) is 16.0 Å². The minimum Gasteiger partial charge on any atom is -0.383 e. The molecule has 1 atom stereocenters. The monoisotopic (exact) mass is 305 g/mol. The third kappa shape index (κ3) is 4.06. The van der Waals surface area contributed by atoms with E-state index in [9.17, 15) is 0 Å². The first kappa shape index (κ1) is 14.6. The van der Waals surface area contributed by atoms with Gasteiger partial charge in [-0.1, -0.05) is 0 Å². The second kappa shape index (κ2) is 7.81. The van der Waals surface area contributed by atoms with Crippen LogP contribution in [0.5, 0.6) is 0 Å². The zero-order chi connectivity index (χ0) is 12.7. The number of nitrogens with one attached hydrogen (secondary N) is 1. The lowest BCUT2D eigenvalue weighted by Crippen LogP contribution is -2.26. The molecule has 0 aromatic carbocycles. The molecule has 0 aliphatic heterocycles. The molecule has 1 N–H and O–H groups in total. The summed E-state index contributed by atoms with van der Waals surface area (Å²) in [4.78, 5) is 0. The van der Waals surface area contributed by atoms with E-state index in [4.69, 9.17) is 9.47 Å². The van der Waals surface area contributed by atoms with Gasteiger partial charge < -0.3 is 14.8 Å². The Labute approximate surface area is 111 Å². The highest BCUT2D eigenvalue weighted by atomic mass is 79.9. The molecule has 98 valence electrons. The maximum Gasteiger partial charge on any atom is 0.0738 e. The zero-order valence-corrected chi connectivity index (χ0v) is 12.2. The van der Waals surface area contributed by atoms with Crippen molar-refractivity contribution in [2.45, 2.75) is 19.5 Å². The molecule has 0 aliphatic rings. The summed E-state index contributed by atoms with van der Waals surface area (Å²) in [6, 6.07) is 0.128. The zero-order valence-electron chi connectivity index (χ0n) is 10.6. The average Bonchev–Trinajstić information content (AvgIpc) is 2.70. The number of rotatable bonds is 8. The highest BCUT2D eigenvalue weighted by Crippen LogP contribution is 2.23. The summed E-state index contributed by atoms with van der Waals surface area (Å²) in [6.07, 6.45) is 1.81. The molecular weight excluding hydrogens is 286 g/mol. The van der Waals surface area contributed by atoms with Crippen molar-refractivity contribution in [3.63, 3.8) is 0 Å². The fraction of sp³-hybridized carbons (Fsp3) is 0.727. The van der Waals surface area contributed by atoms with Crippen LogP contribution in [0.3, 0.4) is 0 Å². The van der Waals surface area contributed by atoms with E-state index >= 15 is 0 Å². The van der Waals surface area contributed by atoms with Crippen LogP contribution in [-0.4, -0.2) is 43.8 Å². The SMILES string of the molecule is CCOCC(NC)c1c(Br)cnn1CCOC. The number of hydrogen-bond donors (Lipinski definition) is 1. The van der Waals surface area contributed by atoms with Gasteiger partial charge in [-0.3, -0.25) is 4.68 Å². The Morgan fingerprint density at radius 2 is 2.35 bits per heavy atom. The normalized spacial score (nSPS) is 12.9. The third-order valence-corrected chi connectivity index (χ3v) is 3.12. The van der Waals surface area contributed by atoms with E-state index in [0.29, 0.717) is 19.8 Å². The first-order chi connectivity index (χ1) is 8.24. The number of halogens is 1. The Kier molecular flexibility index (Phi) is 6.72. The highest BCUT2D eigenvalue weighted by molar-refractivity contribution is 9.10. The van der Waals surface area contributed by atoms with E-state index in [-0.39, 0.29) is 6.04 Å². The van der Waals surface area contributed by atoms with E-state index in [1.807, 2.05) is 18.7 Å². The second-order valence-electron chi connectivity index (χ2n) is 3.59. The Balaban J connectivity index is 2.80. The van der Waals surface area contributed by atoms with Crippen LogP contribution in [0, 0.1) is 0 Å². The molecule has 1 aromatic heterocycles. The molecule has 5 nitrogen and oxygen atoms in total. The summed E-state index contributed by atoms with van der Waals surface area (Å²) in [7, 11) is 3.61. The molecule has 0 saturated heterocycles. The molecule has 6 heteroatoms. The van der Waals surface area contributed by atoms with E-state index in [1.54, 1.807) is 13.3 Å². The lowest BCUT2D eigenvalue weighted by Gasteiger charge is -2.18. The molecule has 0 fully saturated rings. The van der Waals surface area contributed by atoms with Crippen molar-refractivity contribution in [1.29, 1.82) is 0 Å². The van der Waals surface area contributed by atoms with Crippen LogP contribution in [0.1, 0.15) is 18.7 Å². The van der Waals surface area contributed by atoms with Gasteiger partial charge in [0.25, 0.3) is 0 Å². The summed E-state index contributed by atoms with van der Waals surface area (Å²) in [5.74, 6) is 0. The Bertz CT molecular complexity index is 331. The van der Waals surface area contributed by atoms with Crippen molar-refractivity contribution in [2.75, 3.05) is 34.0 Å². The predicted molar refractivity (Wildman–Crippen MR) is 70.1 cm³/mol. The maximum atomic E-state index is 5.47. The number of ether oxygens (including phenoxy) is 2. The van der Waals surface area contributed by atoms with E-state index < -0.39 is 0 Å². The minimum atomic E-state index is 0.128. The van der Waals surface area contributed by atoms with Gasteiger partial charge in [-0.25, -0.2) is 0 Å². The van der Waals surface area contributed by atoms with Gasteiger partial charge in [0.2, 0.25) is 0 Å². The molecule has 0 radical (unpaired) electrons. The van der Waals surface area contributed by atoms with Crippen molar-refractivity contribution in [3.8, 4) is 0 Å². The molecule has 1 heterocycles. The average molecular weight is 306 g/mol. The third-order valence-electron chi connectivity index (χ3n) is 2.51. The molecule has 0 amide bonds. The van der Waals surface area contributed by atoms with Crippen molar-refractivity contribution in [2.24, 2.45) is 0 Å². The van der Waals surface area contributed by atoms with Crippen LogP contribution < -0.4 is 5.32 Å². The minimum absolute atomic E-state index is 0.128. The standard InChI is InChI=1S/C11H20BrN3O2/c1-4-17-8-10(13-2)11-9(12)7-14-15(11)5-6-16-3/h7,10,13H,4-6,8H2,1-3H3. The maximum absolute atomic E-state index is 5.47. The summed E-state index contributed by atoms with van der Waals surface area (Å²) < 4.78 is 13.5. The highest BCUT2D eigenvalue weighted by Gasteiger charge is 2.18. The molecule has 1 unspecified atom stereocenters. The van der Waals surface area contributed by atoms with E-state index in [2.05, 4.69) is 26.3 Å². The van der Waals surface area contributed by atoms with E-state index in [0.717, 1.165) is 16.7 Å². The quantitative estimate of drug-likeness (QED) is 0.792. The molecular formula is C11H20BrN3O2. The fourth-order valence-electron chi connectivity index (χ4n) is 1.61. The summed E-state index contributed by atoms with van der Waals surface area (Å²) >= 11 is 3.52. The number of nitrogens with zero attached hydrogens (tertiary/aromatic N) is 2. The summed E-state index contributed by atoms with van der Waals surface area (Å²) in [5.41, 5.74) is 1.10. The van der Waals surface area contributed by atoms with Gasteiger partial charge in [0.1, 0.15) is 0 Å². The molecule has 17 heavy (non-hydrogen) atoms. The number of aromatic nitrogens is 2. The van der Waals surface area contributed by atoms with Gasteiger partial charge in [-0.05, 0) is 29.9 Å². The van der Waals surface area contributed by atoms with Crippen molar-refractivity contribution in [1.82, 2.24) is 15.1 Å². The van der Waals surface area contributed by atoms with Gasteiger partial charge in [0.05, 0.1) is 42.2 Å². The number of methoxy groups -OCH3 is 1. The molecule has 1 aromatic rings. The first-order valence-corrected chi connectivity index (χ1v) is 6.49. The number of hydrogen-bond acceptors (Lipinski definition) is 4. The van der Waals surface area contributed by atoms with Crippen molar-refractivity contribution >= 4 is 15.9 Å². The lowest BCUT2D eigenvalue weighted by atomic mass is 10.2. The van der Waals surface area contributed by atoms with Gasteiger partial charge in [-0.15, -0.1) is 0 Å². The van der Waals surface area contributed by atoms with Gasteiger partial charge >= 0.3 is 0 Å². The van der Waals surface area contributed by atoms with E-state index in [1.165, 1.54) is 0 Å². The Morgan fingerprint density at radius 3 is 2.94 bits per heavy atom. The summed E-state index contributed by atoms with van der Waals surface area (Å²) in [5, 5.41) is 7.56. The first-order valence-electron chi connectivity index (χ1n) is 5.69. The lowest BCUT2D eigenvalue weighted by molar-refractivity contribution is 0.121. The second-order valence-corrected chi connectivity index (χ2v) is 4.45. The fourth-order valence-corrected chi connectivity index (χ4v) is 2.18. The molecule has 0 saturated carbocycles. The van der Waals surface area contributed by atoms with Crippen molar-refractivity contribution in [3.05, 3.63) is 16.4 Å². The largest absolute Gasteiger partial charge is 0.383 e. The molecule has 0 bridgehead atoms. The molecule has 0 spiro atoms. The van der Waals surface area contributed by atoms with Crippen LogP contribution in [0.2, 0.25) is 0 Å². The Hall–Kier alpha value is -0.430. The number of likely N-dealkylation sites (N-methyl/N-ethyl adjacent to an activating group) is 1. The molecule has 1 rings (SSSR count). The summed E-state index contributed by atoms with van der Waals surface area (Å²) in [6.45, 7) is 4.71. The topological polar surface area (TPSA) is 48.3 Å². The van der Waals surface area contributed by atoms with Crippen molar-refractivity contribution < 1.29 is 9.47 Å². The van der Waals surface area contributed by atoms with Crippen LogP contribution in [0.4, 0.5) is 0 Å². The van der Waals surface area contributed by atoms with Gasteiger partial charge in [0, 0.05) is 13.7 Å². The van der Waals surface area contributed by atoms with Crippen LogP contribution in [0.25, 0.3) is 0 Å². The predicted octanol–water partition coefficient (Wildman–Crippen LogP) is 1.59. The van der Waals surface area contributed by atoms with Crippen LogP contribution >= 0.6 is 15.9 Å². The smallest absolute Gasteiger partial charge is 0.0738 e. The van der Waals surface area contributed by atoms with Gasteiger partial charge in [0.15, 0.2) is 0 Å². The molecule has 0 aliphatic carbocycles.